The van der Waals surface area contributed by atoms with Gasteiger partial charge < -0.3 is 0 Å². The quantitative estimate of drug-likeness (QED) is 0.714. The Morgan fingerprint density at radius 1 is 1.27 bits per heavy atom. The Hall–Kier alpha value is -1.38. The first-order valence-corrected chi connectivity index (χ1v) is 5.50. The summed E-state index contributed by atoms with van der Waals surface area (Å²) in [6.45, 7) is 8.38. The molecule has 0 spiro atoms. The largest absolute Gasteiger partial charge is 0.277 e. The van der Waals surface area contributed by atoms with E-state index in [0.717, 1.165) is 5.52 Å². The van der Waals surface area contributed by atoms with Crippen LogP contribution in [0.25, 0.3) is 10.9 Å². The van der Waals surface area contributed by atoms with E-state index in [-0.39, 0.29) is 0 Å². The third-order valence-electron chi connectivity index (χ3n) is 2.26. The monoisotopic (exact) mass is 206 g/mol. The fourth-order valence-corrected chi connectivity index (χ4v) is 1.60. The van der Waals surface area contributed by atoms with Crippen molar-refractivity contribution in [1.29, 1.82) is 0 Å². The van der Waals surface area contributed by atoms with Crippen molar-refractivity contribution in [1.82, 2.24) is 10.2 Å². The van der Waals surface area contributed by atoms with Crippen LogP contribution >= 0.6 is 0 Å². The Morgan fingerprint density at radius 2 is 1.93 bits per heavy atom. The molecule has 15 heavy (non-hydrogen) atoms. The SMILES string of the molecule is CC.CC(C)c1c[n+](C)cc2cn[nH]c12. The summed E-state index contributed by atoms with van der Waals surface area (Å²) in [5.74, 6) is 0.523. The first kappa shape index (κ1) is 11.7. The minimum atomic E-state index is 0.523. The van der Waals surface area contributed by atoms with E-state index in [0.29, 0.717) is 5.92 Å². The van der Waals surface area contributed by atoms with Gasteiger partial charge in [-0.1, -0.05) is 27.7 Å². The van der Waals surface area contributed by atoms with Crippen LogP contribution in [0.5, 0.6) is 0 Å². The second-order valence-corrected chi connectivity index (χ2v) is 3.73. The Balaban J connectivity index is 0.000000531. The molecule has 2 rings (SSSR count). The summed E-state index contributed by atoms with van der Waals surface area (Å²) >= 11 is 0. The fraction of sp³-hybridized carbons (Fsp3) is 0.500. The van der Waals surface area contributed by atoms with Gasteiger partial charge in [-0.25, -0.2) is 4.57 Å². The Bertz CT molecular complexity index is 429. The van der Waals surface area contributed by atoms with E-state index >= 15 is 0 Å². The topological polar surface area (TPSA) is 32.6 Å². The van der Waals surface area contributed by atoms with E-state index in [1.54, 1.807) is 0 Å². The fourth-order valence-electron chi connectivity index (χ4n) is 1.60. The molecule has 0 unspecified atom stereocenters. The lowest BCUT2D eigenvalue weighted by molar-refractivity contribution is -0.670. The number of H-pyrrole nitrogens is 1. The third-order valence-corrected chi connectivity index (χ3v) is 2.26. The number of hydrogen-bond acceptors (Lipinski definition) is 1. The lowest BCUT2D eigenvalue weighted by Crippen LogP contribution is -2.27. The summed E-state index contributed by atoms with van der Waals surface area (Å²) in [6.07, 6.45) is 6.08. The lowest BCUT2D eigenvalue weighted by Gasteiger charge is -2.03. The molecule has 0 atom stereocenters. The van der Waals surface area contributed by atoms with E-state index in [1.807, 2.05) is 27.1 Å². The smallest absolute Gasteiger partial charge is 0.179 e. The van der Waals surface area contributed by atoms with Crippen molar-refractivity contribution in [3.05, 3.63) is 24.2 Å². The second-order valence-electron chi connectivity index (χ2n) is 3.73. The lowest BCUT2D eigenvalue weighted by atomic mass is 10.0. The highest BCUT2D eigenvalue weighted by Crippen LogP contribution is 2.20. The van der Waals surface area contributed by atoms with Crippen molar-refractivity contribution in [3.8, 4) is 0 Å². The van der Waals surface area contributed by atoms with Crippen LogP contribution in [0.4, 0.5) is 0 Å². The summed E-state index contributed by atoms with van der Waals surface area (Å²) in [5, 5.41) is 8.26. The zero-order valence-corrected chi connectivity index (χ0v) is 10.2. The van der Waals surface area contributed by atoms with Crippen LogP contribution in [0.3, 0.4) is 0 Å². The molecule has 3 heteroatoms. The van der Waals surface area contributed by atoms with Gasteiger partial charge in [0.05, 0.1) is 17.1 Å². The Labute approximate surface area is 91.1 Å². The van der Waals surface area contributed by atoms with Gasteiger partial charge in [0.25, 0.3) is 0 Å². The number of aryl methyl sites for hydroxylation is 1. The molecule has 2 heterocycles. The van der Waals surface area contributed by atoms with Gasteiger partial charge in [-0.05, 0) is 5.92 Å². The maximum absolute atomic E-state index is 4.05. The Morgan fingerprint density at radius 3 is 2.53 bits per heavy atom. The molecule has 0 amide bonds. The standard InChI is InChI=1S/C10H13N3.C2H6/c1-7(2)9-6-13(3)5-8-4-11-12-10(8)9;1-2/h4-7H,1-3H3;1-2H3/p+1. The minimum absolute atomic E-state index is 0.523. The van der Waals surface area contributed by atoms with E-state index in [2.05, 4.69) is 41.0 Å². The van der Waals surface area contributed by atoms with Crippen molar-refractivity contribution in [2.75, 3.05) is 0 Å². The Kier molecular flexibility index (Phi) is 3.83. The van der Waals surface area contributed by atoms with Gasteiger partial charge in [-0.3, -0.25) is 5.10 Å². The van der Waals surface area contributed by atoms with Crippen molar-refractivity contribution >= 4 is 10.9 Å². The number of nitrogens with one attached hydrogen (secondary N) is 1. The average Bonchev–Trinajstić information content (AvgIpc) is 2.67. The van der Waals surface area contributed by atoms with Crippen LogP contribution in [-0.4, -0.2) is 10.2 Å². The van der Waals surface area contributed by atoms with Crippen LogP contribution < -0.4 is 4.57 Å². The van der Waals surface area contributed by atoms with Crippen molar-refractivity contribution < 1.29 is 4.57 Å². The van der Waals surface area contributed by atoms with Crippen molar-refractivity contribution in [2.45, 2.75) is 33.6 Å². The van der Waals surface area contributed by atoms with Crippen molar-refractivity contribution in [2.24, 2.45) is 7.05 Å². The predicted octanol–water partition coefficient (Wildman–Crippen LogP) is 2.54. The van der Waals surface area contributed by atoms with Crippen LogP contribution in [0.1, 0.15) is 39.2 Å². The van der Waals surface area contributed by atoms with Gasteiger partial charge in [0.2, 0.25) is 0 Å². The molecule has 0 aliphatic rings. The zero-order valence-electron chi connectivity index (χ0n) is 10.2. The molecule has 1 N–H and O–H groups in total. The average molecular weight is 206 g/mol. The zero-order chi connectivity index (χ0) is 11.4. The van der Waals surface area contributed by atoms with Gasteiger partial charge in [0, 0.05) is 5.56 Å². The van der Waals surface area contributed by atoms with E-state index in [4.69, 9.17) is 0 Å². The molecule has 2 aromatic heterocycles. The molecule has 0 radical (unpaired) electrons. The van der Waals surface area contributed by atoms with Gasteiger partial charge >= 0.3 is 0 Å². The molecule has 0 aliphatic carbocycles. The molecule has 2 aromatic rings. The van der Waals surface area contributed by atoms with Crippen LogP contribution in [0, 0.1) is 0 Å². The number of rotatable bonds is 1. The molecule has 3 nitrogen and oxygen atoms in total. The second kappa shape index (κ2) is 4.91. The van der Waals surface area contributed by atoms with E-state index in [9.17, 15) is 0 Å². The summed E-state index contributed by atoms with van der Waals surface area (Å²) in [4.78, 5) is 0. The molecule has 82 valence electrons. The summed E-state index contributed by atoms with van der Waals surface area (Å²) < 4.78 is 2.08. The first-order chi connectivity index (χ1) is 7.18. The normalized spacial score (nSPS) is 10.3. The van der Waals surface area contributed by atoms with Crippen LogP contribution in [0.2, 0.25) is 0 Å². The molecule has 0 bridgehead atoms. The van der Waals surface area contributed by atoms with E-state index in [1.165, 1.54) is 10.9 Å². The summed E-state index contributed by atoms with van der Waals surface area (Å²) in [6, 6.07) is 0. The third kappa shape index (κ3) is 2.35. The van der Waals surface area contributed by atoms with Gasteiger partial charge in [0.15, 0.2) is 12.4 Å². The molecule has 0 fully saturated rings. The predicted molar refractivity (Wildman–Crippen MR) is 62.7 cm³/mol. The molecule has 0 saturated heterocycles. The van der Waals surface area contributed by atoms with Crippen molar-refractivity contribution in [3.63, 3.8) is 0 Å². The maximum atomic E-state index is 4.05. The molecule has 0 saturated carbocycles. The van der Waals surface area contributed by atoms with Gasteiger partial charge in [-0.2, -0.15) is 5.10 Å². The molecular formula is C12H20N3+. The van der Waals surface area contributed by atoms with Gasteiger partial charge in [0.1, 0.15) is 7.05 Å². The maximum Gasteiger partial charge on any atom is 0.179 e. The molecular weight excluding hydrogens is 186 g/mol. The van der Waals surface area contributed by atoms with Crippen LogP contribution in [0.15, 0.2) is 18.6 Å². The number of aromatic amines is 1. The highest BCUT2D eigenvalue weighted by molar-refractivity contribution is 5.79. The highest BCUT2D eigenvalue weighted by Gasteiger charge is 2.11. The number of aromatic nitrogens is 3. The van der Waals surface area contributed by atoms with Gasteiger partial charge in [-0.15, -0.1) is 0 Å². The number of fused-ring (bicyclic) bond motifs is 1. The number of hydrogen-bond donors (Lipinski definition) is 1. The summed E-state index contributed by atoms with van der Waals surface area (Å²) in [5.41, 5.74) is 2.48. The summed E-state index contributed by atoms with van der Waals surface area (Å²) in [7, 11) is 2.04. The molecule has 0 aliphatic heterocycles. The van der Waals surface area contributed by atoms with E-state index < -0.39 is 0 Å². The number of pyridine rings is 1. The molecule has 0 aromatic carbocycles. The highest BCUT2D eigenvalue weighted by atomic mass is 15.1. The number of nitrogens with zero attached hydrogens (tertiary/aromatic N) is 2. The van der Waals surface area contributed by atoms with Crippen LogP contribution in [-0.2, 0) is 7.05 Å². The first-order valence-electron chi connectivity index (χ1n) is 5.50. The minimum Gasteiger partial charge on any atom is -0.277 e.